The first-order chi connectivity index (χ1) is 8.90. The molecule has 0 aliphatic carbocycles. The number of carboxylic acids is 1. The number of aryl methyl sites for hydroxylation is 1. The van der Waals surface area contributed by atoms with E-state index >= 15 is 0 Å². The standard InChI is InChI=1S/C11H13N3O5/c1-6-2-3-8(14(18)19)10(12-6)13-5-7(15)4-9(13)11(16)17/h2-3,7,9,15H,4-5H2,1H3,(H,16,17)/t7-,9-/m1/s1. The summed E-state index contributed by atoms with van der Waals surface area (Å²) in [6.45, 7) is 1.68. The highest BCUT2D eigenvalue weighted by Crippen LogP contribution is 2.32. The fourth-order valence-corrected chi connectivity index (χ4v) is 2.17. The first-order valence-electron chi connectivity index (χ1n) is 5.69. The molecule has 1 aliphatic rings. The van der Waals surface area contributed by atoms with Gasteiger partial charge in [-0.25, -0.2) is 9.78 Å². The first-order valence-corrected chi connectivity index (χ1v) is 5.69. The van der Waals surface area contributed by atoms with Gasteiger partial charge < -0.3 is 15.1 Å². The summed E-state index contributed by atoms with van der Waals surface area (Å²) in [6, 6.07) is 1.79. The van der Waals surface area contributed by atoms with Crippen LogP contribution >= 0.6 is 0 Å². The van der Waals surface area contributed by atoms with Gasteiger partial charge in [-0.15, -0.1) is 0 Å². The predicted octanol–water partition coefficient (Wildman–Crippen LogP) is 0.322. The topological polar surface area (TPSA) is 117 Å². The maximum atomic E-state index is 11.1. The number of hydrogen-bond donors (Lipinski definition) is 2. The highest BCUT2D eigenvalue weighted by atomic mass is 16.6. The normalized spacial score (nSPS) is 22.5. The van der Waals surface area contributed by atoms with Crippen molar-refractivity contribution in [2.75, 3.05) is 11.4 Å². The lowest BCUT2D eigenvalue weighted by molar-refractivity contribution is -0.384. The number of aliphatic carboxylic acids is 1. The molecule has 8 nitrogen and oxygen atoms in total. The summed E-state index contributed by atoms with van der Waals surface area (Å²) in [5.41, 5.74) is 0.289. The number of β-amino-alcohol motifs (C(OH)–C–C–N with tert-alkyl or cyclic N) is 1. The molecule has 1 aliphatic heterocycles. The van der Waals surface area contributed by atoms with Gasteiger partial charge in [-0.05, 0) is 13.0 Å². The summed E-state index contributed by atoms with van der Waals surface area (Å²) in [7, 11) is 0. The average Bonchev–Trinajstić information content (AvgIpc) is 2.70. The molecule has 0 bridgehead atoms. The van der Waals surface area contributed by atoms with E-state index in [1.54, 1.807) is 6.92 Å². The van der Waals surface area contributed by atoms with E-state index < -0.39 is 23.0 Å². The molecule has 0 saturated carbocycles. The van der Waals surface area contributed by atoms with Crippen molar-refractivity contribution in [3.8, 4) is 0 Å². The molecule has 0 aromatic carbocycles. The number of carboxylic acid groups (broad SMARTS) is 1. The van der Waals surface area contributed by atoms with Crippen molar-refractivity contribution >= 4 is 17.5 Å². The largest absolute Gasteiger partial charge is 0.480 e. The van der Waals surface area contributed by atoms with E-state index in [9.17, 15) is 20.0 Å². The maximum absolute atomic E-state index is 11.1. The van der Waals surface area contributed by atoms with Gasteiger partial charge in [-0.2, -0.15) is 0 Å². The Bertz CT molecular complexity index is 533. The Morgan fingerprint density at radius 3 is 2.84 bits per heavy atom. The summed E-state index contributed by atoms with van der Waals surface area (Å²) in [5, 5.41) is 29.7. The maximum Gasteiger partial charge on any atom is 0.326 e. The first kappa shape index (κ1) is 13.2. The summed E-state index contributed by atoms with van der Waals surface area (Å²) < 4.78 is 0. The molecule has 1 aromatic rings. The van der Waals surface area contributed by atoms with Crippen LogP contribution in [0.15, 0.2) is 12.1 Å². The second kappa shape index (κ2) is 4.81. The van der Waals surface area contributed by atoms with E-state index in [-0.39, 0.29) is 24.5 Å². The number of rotatable bonds is 3. The van der Waals surface area contributed by atoms with E-state index in [4.69, 9.17) is 5.11 Å². The van der Waals surface area contributed by atoms with Crippen molar-refractivity contribution in [1.29, 1.82) is 0 Å². The number of pyridine rings is 1. The lowest BCUT2D eigenvalue weighted by atomic mass is 10.2. The van der Waals surface area contributed by atoms with Gasteiger partial charge in [0.15, 0.2) is 0 Å². The van der Waals surface area contributed by atoms with Crippen LogP contribution in [0.25, 0.3) is 0 Å². The van der Waals surface area contributed by atoms with Crippen LogP contribution in [-0.2, 0) is 4.79 Å². The van der Waals surface area contributed by atoms with E-state index in [1.165, 1.54) is 17.0 Å². The number of aliphatic hydroxyl groups is 1. The van der Waals surface area contributed by atoms with E-state index in [0.717, 1.165) is 0 Å². The predicted molar refractivity (Wildman–Crippen MR) is 65.0 cm³/mol. The van der Waals surface area contributed by atoms with Crippen molar-refractivity contribution in [1.82, 2.24) is 4.98 Å². The van der Waals surface area contributed by atoms with Crippen LogP contribution in [0.3, 0.4) is 0 Å². The Labute approximate surface area is 108 Å². The van der Waals surface area contributed by atoms with E-state index in [1.807, 2.05) is 0 Å². The average molecular weight is 267 g/mol. The molecule has 8 heteroatoms. The number of aliphatic hydroxyl groups excluding tert-OH is 1. The Morgan fingerprint density at radius 1 is 1.58 bits per heavy atom. The molecular weight excluding hydrogens is 254 g/mol. The second-order valence-corrected chi connectivity index (χ2v) is 4.45. The minimum atomic E-state index is -1.13. The van der Waals surface area contributed by atoms with Crippen LogP contribution in [0.5, 0.6) is 0 Å². The summed E-state index contributed by atoms with van der Waals surface area (Å²) in [4.78, 5) is 26.8. The number of nitro groups is 1. The fourth-order valence-electron chi connectivity index (χ4n) is 2.17. The smallest absolute Gasteiger partial charge is 0.326 e. The molecule has 0 unspecified atom stereocenters. The Kier molecular flexibility index (Phi) is 3.34. The third-order valence-corrected chi connectivity index (χ3v) is 3.03. The molecule has 2 rings (SSSR count). The quantitative estimate of drug-likeness (QED) is 0.598. The monoisotopic (exact) mass is 267 g/mol. The summed E-state index contributed by atoms with van der Waals surface area (Å²) in [6.07, 6.45) is -0.801. The van der Waals surface area contributed by atoms with Crippen LogP contribution in [0.2, 0.25) is 0 Å². The third-order valence-electron chi connectivity index (χ3n) is 3.03. The third kappa shape index (κ3) is 2.48. The lowest BCUT2D eigenvalue weighted by Gasteiger charge is -2.22. The number of carbonyl (C=O) groups is 1. The number of anilines is 1. The van der Waals surface area contributed by atoms with Gasteiger partial charge in [0.1, 0.15) is 6.04 Å². The zero-order valence-electron chi connectivity index (χ0n) is 10.2. The van der Waals surface area contributed by atoms with Gasteiger partial charge in [0.05, 0.1) is 11.0 Å². The van der Waals surface area contributed by atoms with Crippen molar-refractivity contribution in [2.45, 2.75) is 25.5 Å². The van der Waals surface area contributed by atoms with Gasteiger partial charge in [0.2, 0.25) is 5.82 Å². The highest BCUT2D eigenvalue weighted by Gasteiger charge is 2.39. The number of aromatic nitrogens is 1. The van der Waals surface area contributed by atoms with Crippen LogP contribution < -0.4 is 4.90 Å². The van der Waals surface area contributed by atoms with Crippen LogP contribution in [0, 0.1) is 17.0 Å². The molecule has 19 heavy (non-hydrogen) atoms. The molecule has 0 spiro atoms. The summed E-state index contributed by atoms with van der Waals surface area (Å²) in [5.74, 6) is -1.14. The van der Waals surface area contributed by atoms with Crippen molar-refractivity contribution in [2.24, 2.45) is 0 Å². The van der Waals surface area contributed by atoms with Crippen LogP contribution in [0.4, 0.5) is 11.5 Å². The number of nitrogens with zero attached hydrogens (tertiary/aromatic N) is 3. The molecule has 0 amide bonds. The Hall–Kier alpha value is -2.22. The van der Waals surface area contributed by atoms with Crippen molar-refractivity contribution in [3.05, 3.63) is 27.9 Å². The zero-order chi connectivity index (χ0) is 14.2. The van der Waals surface area contributed by atoms with Gasteiger partial charge in [0.25, 0.3) is 0 Å². The molecule has 2 atom stereocenters. The molecule has 2 heterocycles. The zero-order valence-corrected chi connectivity index (χ0v) is 10.2. The Balaban J connectivity index is 2.47. The minimum Gasteiger partial charge on any atom is -0.480 e. The van der Waals surface area contributed by atoms with Crippen molar-refractivity contribution in [3.63, 3.8) is 0 Å². The van der Waals surface area contributed by atoms with Gasteiger partial charge in [0, 0.05) is 24.7 Å². The SMILES string of the molecule is Cc1ccc([N+](=O)[O-])c(N2C[C@H](O)C[C@@H]2C(=O)O)n1. The molecule has 1 fully saturated rings. The number of hydrogen-bond acceptors (Lipinski definition) is 6. The molecular formula is C11H13N3O5. The highest BCUT2D eigenvalue weighted by molar-refractivity contribution is 5.80. The van der Waals surface area contributed by atoms with E-state index in [2.05, 4.69) is 4.98 Å². The van der Waals surface area contributed by atoms with Crippen LogP contribution in [0.1, 0.15) is 12.1 Å². The molecule has 1 saturated heterocycles. The van der Waals surface area contributed by atoms with Gasteiger partial charge in [-0.1, -0.05) is 0 Å². The van der Waals surface area contributed by atoms with Gasteiger partial charge >= 0.3 is 11.7 Å². The molecule has 0 radical (unpaired) electrons. The minimum absolute atomic E-state index is 0.00560. The van der Waals surface area contributed by atoms with Crippen molar-refractivity contribution < 1.29 is 19.9 Å². The van der Waals surface area contributed by atoms with E-state index in [0.29, 0.717) is 5.69 Å². The summed E-state index contributed by atoms with van der Waals surface area (Å²) >= 11 is 0. The molecule has 2 N–H and O–H groups in total. The Morgan fingerprint density at radius 2 is 2.26 bits per heavy atom. The lowest BCUT2D eigenvalue weighted by Crippen LogP contribution is -2.37. The van der Waals surface area contributed by atoms with Gasteiger partial charge in [-0.3, -0.25) is 10.1 Å². The van der Waals surface area contributed by atoms with Crippen LogP contribution in [-0.4, -0.2) is 44.8 Å². The molecule has 102 valence electrons. The fraction of sp³-hybridized carbons (Fsp3) is 0.455. The molecule has 1 aromatic heterocycles. The second-order valence-electron chi connectivity index (χ2n) is 4.45.